The van der Waals surface area contributed by atoms with Crippen molar-refractivity contribution in [1.29, 1.82) is 0 Å². The van der Waals surface area contributed by atoms with Crippen LogP contribution >= 0.6 is 0 Å². The minimum atomic E-state index is 0.290. The molecule has 0 fully saturated rings. The van der Waals surface area contributed by atoms with Gasteiger partial charge in [-0.3, -0.25) is 0 Å². The summed E-state index contributed by atoms with van der Waals surface area (Å²) in [6.45, 7) is 2.79. The average molecular weight is 244 g/mol. The van der Waals surface area contributed by atoms with E-state index in [0.717, 1.165) is 24.8 Å². The molecule has 0 aromatic heterocycles. The lowest BCUT2D eigenvalue weighted by Crippen LogP contribution is -2.14. The van der Waals surface area contributed by atoms with E-state index in [9.17, 15) is 5.11 Å². The van der Waals surface area contributed by atoms with Crippen LogP contribution < -0.4 is 11.1 Å². The van der Waals surface area contributed by atoms with Crippen LogP contribution in [0.3, 0.4) is 0 Å². The number of anilines is 1. The largest absolute Gasteiger partial charge is 0.508 e. The van der Waals surface area contributed by atoms with E-state index in [0.29, 0.717) is 12.2 Å². The van der Waals surface area contributed by atoms with Crippen molar-refractivity contribution in [3.63, 3.8) is 0 Å². The molecule has 0 bridgehead atoms. The zero-order chi connectivity index (χ0) is 13.0. The topological polar surface area (TPSA) is 58.3 Å². The Morgan fingerprint density at radius 1 is 1.28 bits per heavy atom. The van der Waals surface area contributed by atoms with Crippen LogP contribution in [-0.4, -0.2) is 5.11 Å². The highest BCUT2D eigenvalue weighted by molar-refractivity contribution is 5.47. The Labute approximate surface area is 108 Å². The van der Waals surface area contributed by atoms with Crippen LogP contribution in [0, 0.1) is 0 Å². The number of rotatable bonds is 4. The molecule has 0 saturated carbocycles. The van der Waals surface area contributed by atoms with Crippen LogP contribution in [0.5, 0.6) is 5.75 Å². The SMILES string of the molecule is CCC1=CC=C(NCc2cc(N)ccc2O)CC1. The first-order valence-corrected chi connectivity index (χ1v) is 6.39. The zero-order valence-corrected chi connectivity index (χ0v) is 10.7. The highest BCUT2D eigenvalue weighted by atomic mass is 16.3. The fourth-order valence-corrected chi connectivity index (χ4v) is 2.08. The van der Waals surface area contributed by atoms with Gasteiger partial charge in [-0.25, -0.2) is 0 Å². The van der Waals surface area contributed by atoms with E-state index < -0.39 is 0 Å². The third-order valence-electron chi connectivity index (χ3n) is 3.30. The molecule has 0 aliphatic heterocycles. The molecule has 0 heterocycles. The van der Waals surface area contributed by atoms with E-state index in [4.69, 9.17) is 5.73 Å². The predicted molar refractivity (Wildman–Crippen MR) is 75.0 cm³/mol. The maximum absolute atomic E-state index is 9.72. The molecule has 18 heavy (non-hydrogen) atoms. The van der Waals surface area contributed by atoms with Gasteiger partial charge in [-0.15, -0.1) is 0 Å². The van der Waals surface area contributed by atoms with Gasteiger partial charge in [-0.1, -0.05) is 18.6 Å². The number of allylic oxidation sites excluding steroid dienone is 4. The molecule has 1 aliphatic rings. The number of nitrogen functional groups attached to an aromatic ring is 1. The number of benzene rings is 1. The van der Waals surface area contributed by atoms with Crippen molar-refractivity contribution in [2.24, 2.45) is 0 Å². The lowest BCUT2D eigenvalue weighted by molar-refractivity contribution is 0.466. The zero-order valence-electron chi connectivity index (χ0n) is 10.7. The lowest BCUT2D eigenvalue weighted by Gasteiger charge is -2.16. The maximum atomic E-state index is 9.72. The summed E-state index contributed by atoms with van der Waals surface area (Å²) in [5.74, 6) is 0.290. The smallest absolute Gasteiger partial charge is 0.120 e. The summed E-state index contributed by atoms with van der Waals surface area (Å²) in [6.07, 6.45) is 7.61. The van der Waals surface area contributed by atoms with Crippen molar-refractivity contribution in [1.82, 2.24) is 5.32 Å². The first-order valence-electron chi connectivity index (χ1n) is 6.39. The Balaban J connectivity index is 1.98. The fourth-order valence-electron chi connectivity index (χ4n) is 2.08. The molecule has 3 heteroatoms. The Bertz CT molecular complexity index is 489. The Morgan fingerprint density at radius 2 is 2.11 bits per heavy atom. The molecule has 1 aromatic carbocycles. The predicted octanol–water partition coefficient (Wildman–Crippen LogP) is 3.08. The summed E-state index contributed by atoms with van der Waals surface area (Å²) in [5.41, 5.74) is 9.93. The molecule has 0 amide bonds. The number of nitrogens with one attached hydrogen (secondary N) is 1. The summed E-state index contributed by atoms with van der Waals surface area (Å²) in [4.78, 5) is 0. The summed E-state index contributed by atoms with van der Waals surface area (Å²) in [5, 5.41) is 13.1. The molecule has 2 rings (SSSR count). The van der Waals surface area contributed by atoms with Gasteiger partial charge in [0.15, 0.2) is 0 Å². The Kier molecular flexibility index (Phi) is 3.92. The van der Waals surface area contributed by atoms with Crippen molar-refractivity contribution in [2.45, 2.75) is 32.7 Å². The van der Waals surface area contributed by atoms with Gasteiger partial charge in [0.05, 0.1) is 0 Å². The lowest BCUT2D eigenvalue weighted by atomic mass is 10.0. The van der Waals surface area contributed by atoms with E-state index in [-0.39, 0.29) is 5.75 Å². The van der Waals surface area contributed by atoms with Crippen LogP contribution in [0.2, 0.25) is 0 Å². The molecule has 0 atom stereocenters. The third kappa shape index (κ3) is 3.06. The molecule has 1 aliphatic carbocycles. The van der Waals surface area contributed by atoms with Crippen molar-refractivity contribution in [2.75, 3.05) is 5.73 Å². The molecule has 3 nitrogen and oxygen atoms in total. The molecule has 0 radical (unpaired) electrons. The Hall–Kier alpha value is -1.90. The van der Waals surface area contributed by atoms with Gasteiger partial charge in [-0.05, 0) is 43.5 Å². The number of hydrogen-bond donors (Lipinski definition) is 3. The van der Waals surface area contributed by atoms with Gasteiger partial charge in [0.25, 0.3) is 0 Å². The summed E-state index contributed by atoms with van der Waals surface area (Å²) >= 11 is 0. The molecule has 1 aromatic rings. The third-order valence-corrected chi connectivity index (χ3v) is 3.30. The van der Waals surface area contributed by atoms with E-state index in [1.807, 2.05) is 0 Å². The van der Waals surface area contributed by atoms with Crippen LogP contribution in [-0.2, 0) is 6.54 Å². The van der Waals surface area contributed by atoms with Crippen LogP contribution in [0.1, 0.15) is 31.7 Å². The first-order chi connectivity index (χ1) is 8.69. The molecular formula is C15H20N2O. The number of phenols is 1. The quantitative estimate of drug-likeness (QED) is 0.563. The van der Waals surface area contributed by atoms with Gasteiger partial charge >= 0.3 is 0 Å². The fraction of sp³-hybridized carbons (Fsp3) is 0.333. The van der Waals surface area contributed by atoms with Crippen LogP contribution in [0.4, 0.5) is 5.69 Å². The second kappa shape index (κ2) is 5.63. The van der Waals surface area contributed by atoms with E-state index in [2.05, 4.69) is 24.4 Å². The van der Waals surface area contributed by atoms with Gasteiger partial charge in [0, 0.05) is 23.5 Å². The highest BCUT2D eigenvalue weighted by Crippen LogP contribution is 2.22. The second-order valence-corrected chi connectivity index (χ2v) is 4.61. The molecule has 0 spiro atoms. The molecule has 96 valence electrons. The minimum absolute atomic E-state index is 0.290. The molecule has 4 N–H and O–H groups in total. The van der Waals surface area contributed by atoms with Crippen LogP contribution in [0.25, 0.3) is 0 Å². The highest BCUT2D eigenvalue weighted by Gasteiger charge is 2.06. The number of phenolic OH excluding ortho intramolecular Hbond substituents is 1. The number of hydrogen-bond acceptors (Lipinski definition) is 3. The maximum Gasteiger partial charge on any atom is 0.120 e. The van der Waals surface area contributed by atoms with Gasteiger partial charge in [0.1, 0.15) is 5.75 Å². The average Bonchev–Trinajstić information content (AvgIpc) is 2.40. The van der Waals surface area contributed by atoms with Gasteiger partial charge in [0.2, 0.25) is 0 Å². The molecular weight excluding hydrogens is 224 g/mol. The van der Waals surface area contributed by atoms with Crippen molar-refractivity contribution >= 4 is 5.69 Å². The normalized spacial score (nSPS) is 14.9. The standard InChI is InChI=1S/C15H20N2O/c1-2-11-3-6-14(7-4-11)17-10-12-9-13(16)5-8-15(12)18/h3,5-6,8-9,17-18H,2,4,7,10,16H2,1H3. The number of nitrogens with two attached hydrogens (primary N) is 1. The minimum Gasteiger partial charge on any atom is -0.508 e. The second-order valence-electron chi connectivity index (χ2n) is 4.61. The van der Waals surface area contributed by atoms with Crippen molar-refractivity contribution < 1.29 is 5.11 Å². The molecule has 0 saturated heterocycles. The van der Waals surface area contributed by atoms with Gasteiger partial charge in [-0.2, -0.15) is 0 Å². The Morgan fingerprint density at radius 3 is 2.78 bits per heavy atom. The van der Waals surface area contributed by atoms with E-state index in [1.54, 1.807) is 18.2 Å². The van der Waals surface area contributed by atoms with Crippen LogP contribution in [0.15, 0.2) is 41.6 Å². The summed E-state index contributed by atoms with van der Waals surface area (Å²) < 4.78 is 0. The van der Waals surface area contributed by atoms with Gasteiger partial charge < -0.3 is 16.2 Å². The van der Waals surface area contributed by atoms with Crippen molar-refractivity contribution in [3.8, 4) is 5.75 Å². The van der Waals surface area contributed by atoms with E-state index in [1.165, 1.54) is 11.3 Å². The summed E-state index contributed by atoms with van der Waals surface area (Å²) in [6, 6.07) is 5.14. The van der Waals surface area contributed by atoms with Crippen molar-refractivity contribution in [3.05, 3.63) is 47.2 Å². The summed E-state index contributed by atoms with van der Waals surface area (Å²) in [7, 11) is 0. The van der Waals surface area contributed by atoms with E-state index >= 15 is 0 Å². The monoisotopic (exact) mass is 244 g/mol. The first kappa shape index (κ1) is 12.6. The molecule has 0 unspecified atom stereocenters. The number of aromatic hydroxyl groups is 1.